The van der Waals surface area contributed by atoms with E-state index in [-0.39, 0.29) is 10.6 Å². The van der Waals surface area contributed by atoms with Crippen molar-refractivity contribution in [2.75, 3.05) is 7.05 Å². The van der Waals surface area contributed by atoms with E-state index in [0.29, 0.717) is 12.1 Å². The lowest BCUT2D eigenvalue weighted by Crippen LogP contribution is -2.45. The maximum atomic E-state index is 10.9. The molecule has 1 aromatic carbocycles. The van der Waals surface area contributed by atoms with Gasteiger partial charge in [0.05, 0.1) is 4.92 Å². The molecule has 1 saturated heterocycles. The highest BCUT2D eigenvalue weighted by Crippen LogP contribution is 2.36. The van der Waals surface area contributed by atoms with Gasteiger partial charge in [-0.05, 0) is 37.4 Å². The SMILES string of the molecule is CN1C2C=C(c3cccc([N+](=O)[O-])c3)CC1CCC2. The van der Waals surface area contributed by atoms with Crippen molar-refractivity contribution in [1.29, 1.82) is 0 Å². The van der Waals surface area contributed by atoms with Crippen molar-refractivity contribution in [3.05, 3.63) is 46.0 Å². The van der Waals surface area contributed by atoms with E-state index < -0.39 is 0 Å². The second-order valence-corrected chi connectivity index (χ2v) is 5.52. The third kappa shape index (κ3) is 2.28. The topological polar surface area (TPSA) is 46.4 Å². The number of benzene rings is 1. The second-order valence-electron chi connectivity index (χ2n) is 5.52. The molecule has 0 amide bonds. The zero-order chi connectivity index (χ0) is 13.4. The number of non-ortho nitro benzene ring substituents is 1. The van der Waals surface area contributed by atoms with Crippen molar-refractivity contribution < 1.29 is 4.92 Å². The van der Waals surface area contributed by atoms with Gasteiger partial charge in [0.25, 0.3) is 5.69 Å². The number of likely N-dealkylation sites (N-methyl/N-ethyl adjacent to an activating group) is 1. The third-order valence-electron chi connectivity index (χ3n) is 4.41. The van der Waals surface area contributed by atoms with Gasteiger partial charge in [-0.1, -0.05) is 24.6 Å². The minimum Gasteiger partial charge on any atom is -0.297 e. The minimum absolute atomic E-state index is 0.183. The number of piperidine rings is 1. The highest BCUT2D eigenvalue weighted by atomic mass is 16.6. The van der Waals surface area contributed by atoms with Gasteiger partial charge in [0.1, 0.15) is 0 Å². The zero-order valence-corrected chi connectivity index (χ0v) is 11.1. The molecular weight excluding hydrogens is 240 g/mol. The number of hydrogen-bond donors (Lipinski definition) is 0. The first-order valence-corrected chi connectivity index (χ1v) is 6.82. The summed E-state index contributed by atoms with van der Waals surface area (Å²) >= 11 is 0. The van der Waals surface area contributed by atoms with Crippen LogP contribution in [0.5, 0.6) is 0 Å². The fourth-order valence-corrected chi connectivity index (χ4v) is 3.28. The summed E-state index contributed by atoms with van der Waals surface area (Å²) < 4.78 is 0. The molecule has 3 rings (SSSR count). The van der Waals surface area contributed by atoms with Crippen molar-refractivity contribution in [1.82, 2.24) is 4.90 Å². The maximum Gasteiger partial charge on any atom is 0.270 e. The average molecular weight is 258 g/mol. The molecule has 2 atom stereocenters. The predicted molar refractivity (Wildman–Crippen MR) is 74.9 cm³/mol. The molecule has 4 nitrogen and oxygen atoms in total. The normalized spacial score (nSPS) is 26.9. The molecule has 2 bridgehead atoms. The van der Waals surface area contributed by atoms with Crippen LogP contribution in [0.2, 0.25) is 0 Å². The number of hydrogen-bond acceptors (Lipinski definition) is 3. The summed E-state index contributed by atoms with van der Waals surface area (Å²) in [6.45, 7) is 0. The molecule has 0 aliphatic carbocycles. The Balaban J connectivity index is 1.94. The average Bonchev–Trinajstić information content (AvgIpc) is 2.38. The smallest absolute Gasteiger partial charge is 0.270 e. The first-order chi connectivity index (χ1) is 9.15. The second kappa shape index (κ2) is 4.78. The van der Waals surface area contributed by atoms with Gasteiger partial charge in [0.2, 0.25) is 0 Å². The molecule has 0 saturated carbocycles. The largest absolute Gasteiger partial charge is 0.297 e. The summed E-state index contributed by atoms with van der Waals surface area (Å²) in [5, 5.41) is 10.9. The van der Waals surface area contributed by atoms with E-state index >= 15 is 0 Å². The molecule has 0 spiro atoms. The minimum atomic E-state index is -0.320. The molecule has 2 aliphatic rings. The Hall–Kier alpha value is -1.68. The van der Waals surface area contributed by atoms with Gasteiger partial charge >= 0.3 is 0 Å². The number of nitrogens with zero attached hydrogens (tertiary/aromatic N) is 2. The van der Waals surface area contributed by atoms with Crippen molar-refractivity contribution in [2.24, 2.45) is 0 Å². The van der Waals surface area contributed by atoms with Crippen LogP contribution in [0, 0.1) is 10.1 Å². The molecule has 4 heteroatoms. The van der Waals surface area contributed by atoms with Crippen molar-refractivity contribution in [3.63, 3.8) is 0 Å². The van der Waals surface area contributed by atoms with E-state index in [1.54, 1.807) is 18.2 Å². The van der Waals surface area contributed by atoms with Gasteiger partial charge in [-0.3, -0.25) is 15.0 Å². The summed E-state index contributed by atoms with van der Waals surface area (Å²) in [7, 11) is 2.19. The van der Waals surface area contributed by atoms with E-state index in [1.807, 2.05) is 6.07 Å². The van der Waals surface area contributed by atoms with Crippen LogP contribution in [0.25, 0.3) is 5.57 Å². The van der Waals surface area contributed by atoms with E-state index in [4.69, 9.17) is 0 Å². The Labute approximate surface area is 112 Å². The first-order valence-electron chi connectivity index (χ1n) is 6.82. The molecule has 2 unspecified atom stereocenters. The van der Waals surface area contributed by atoms with Crippen LogP contribution in [-0.2, 0) is 0 Å². The van der Waals surface area contributed by atoms with Crippen LogP contribution >= 0.6 is 0 Å². The molecule has 100 valence electrons. The van der Waals surface area contributed by atoms with E-state index in [2.05, 4.69) is 18.0 Å². The molecule has 2 heterocycles. The summed E-state index contributed by atoms with van der Waals surface area (Å²) in [6, 6.07) is 8.12. The molecule has 1 fully saturated rings. The Kier molecular flexibility index (Phi) is 3.11. The van der Waals surface area contributed by atoms with E-state index in [1.165, 1.54) is 24.8 Å². The van der Waals surface area contributed by atoms with Gasteiger partial charge in [-0.15, -0.1) is 0 Å². The number of nitro benzene ring substituents is 1. The lowest BCUT2D eigenvalue weighted by atomic mass is 9.83. The van der Waals surface area contributed by atoms with Crippen LogP contribution in [0.1, 0.15) is 31.2 Å². The van der Waals surface area contributed by atoms with Crippen LogP contribution in [0.15, 0.2) is 30.3 Å². The van der Waals surface area contributed by atoms with Crippen LogP contribution in [0.3, 0.4) is 0 Å². The number of fused-ring (bicyclic) bond motifs is 2. The molecular formula is C15H18N2O2. The van der Waals surface area contributed by atoms with E-state index in [9.17, 15) is 10.1 Å². The summed E-state index contributed by atoms with van der Waals surface area (Å²) in [5.74, 6) is 0. The van der Waals surface area contributed by atoms with E-state index in [0.717, 1.165) is 12.0 Å². The third-order valence-corrected chi connectivity index (χ3v) is 4.41. The van der Waals surface area contributed by atoms with Gasteiger partial charge in [-0.25, -0.2) is 0 Å². The molecule has 0 aromatic heterocycles. The molecule has 2 aliphatic heterocycles. The van der Waals surface area contributed by atoms with Gasteiger partial charge in [-0.2, -0.15) is 0 Å². The van der Waals surface area contributed by atoms with Crippen LogP contribution < -0.4 is 0 Å². The fourth-order valence-electron chi connectivity index (χ4n) is 3.28. The Bertz CT molecular complexity index is 539. The highest BCUT2D eigenvalue weighted by Gasteiger charge is 2.31. The highest BCUT2D eigenvalue weighted by molar-refractivity contribution is 5.69. The standard InChI is InChI=1S/C15H18N2O2/c1-16-13-5-3-6-14(16)10-12(9-13)11-4-2-7-15(8-11)17(18)19/h2,4,7-9,13-14H,3,5-6,10H2,1H3. The quantitative estimate of drug-likeness (QED) is 0.604. The van der Waals surface area contributed by atoms with Crippen molar-refractivity contribution in [3.8, 4) is 0 Å². The molecule has 0 N–H and O–H groups in total. The van der Waals surface area contributed by atoms with Gasteiger partial charge < -0.3 is 0 Å². The Morgan fingerprint density at radius 3 is 2.95 bits per heavy atom. The maximum absolute atomic E-state index is 10.9. The predicted octanol–water partition coefficient (Wildman–Crippen LogP) is 3.23. The van der Waals surface area contributed by atoms with Crippen molar-refractivity contribution in [2.45, 2.75) is 37.8 Å². The molecule has 1 aromatic rings. The zero-order valence-electron chi connectivity index (χ0n) is 11.1. The lowest BCUT2D eigenvalue weighted by molar-refractivity contribution is -0.384. The molecule has 0 radical (unpaired) electrons. The summed E-state index contributed by atoms with van der Waals surface area (Å²) in [4.78, 5) is 13.0. The van der Waals surface area contributed by atoms with Crippen LogP contribution in [0.4, 0.5) is 5.69 Å². The number of nitro groups is 1. The van der Waals surface area contributed by atoms with Crippen LogP contribution in [-0.4, -0.2) is 29.0 Å². The monoisotopic (exact) mass is 258 g/mol. The lowest BCUT2D eigenvalue weighted by Gasteiger charge is -2.42. The summed E-state index contributed by atoms with van der Waals surface area (Å²) in [6.07, 6.45) is 7.03. The fraction of sp³-hybridized carbons (Fsp3) is 0.467. The first kappa shape index (κ1) is 12.4. The van der Waals surface area contributed by atoms with Gasteiger partial charge in [0, 0.05) is 24.2 Å². The number of rotatable bonds is 2. The Morgan fingerprint density at radius 2 is 2.21 bits per heavy atom. The summed E-state index contributed by atoms with van der Waals surface area (Å²) in [5.41, 5.74) is 2.47. The van der Waals surface area contributed by atoms with Gasteiger partial charge in [0.15, 0.2) is 0 Å². The Morgan fingerprint density at radius 1 is 1.37 bits per heavy atom. The molecule has 19 heavy (non-hydrogen) atoms. The van der Waals surface area contributed by atoms with Crippen molar-refractivity contribution >= 4 is 11.3 Å².